The van der Waals surface area contributed by atoms with Crippen molar-refractivity contribution in [3.05, 3.63) is 96.1 Å². The molecule has 1 atom stereocenters. The molecule has 1 heterocycles. The molecule has 126 valence electrons. The zero-order chi connectivity index (χ0) is 17.6. The highest BCUT2D eigenvalue weighted by Gasteiger charge is 2.24. The molecule has 0 aliphatic rings. The van der Waals surface area contributed by atoms with Crippen LogP contribution in [0.25, 0.3) is 0 Å². The Bertz CT molecular complexity index is 823. The number of amides is 2. The third-order valence-corrected chi connectivity index (χ3v) is 3.92. The monoisotopic (exact) mass is 335 g/mol. The van der Waals surface area contributed by atoms with Crippen LogP contribution in [0.1, 0.15) is 17.2 Å². The quantitative estimate of drug-likeness (QED) is 0.764. The van der Waals surface area contributed by atoms with Crippen LogP contribution < -0.4 is 5.32 Å². The fourth-order valence-electron chi connectivity index (χ4n) is 2.67. The highest BCUT2D eigenvalue weighted by atomic mass is 19.1. The maximum Gasteiger partial charge on any atom is 0.322 e. The summed E-state index contributed by atoms with van der Waals surface area (Å²) in [7, 11) is 1.71. The number of anilines is 1. The van der Waals surface area contributed by atoms with Crippen molar-refractivity contribution in [3.8, 4) is 0 Å². The Kier molecular flexibility index (Phi) is 5.04. The molecule has 3 aromatic rings. The van der Waals surface area contributed by atoms with Crippen LogP contribution in [0.15, 0.2) is 79.1 Å². The summed E-state index contributed by atoms with van der Waals surface area (Å²) in [5, 5.41) is 2.87. The molecule has 0 saturated heterocycles. The van der Waals surface area contributed by atoms with Gasteiger partial charge in [0.1, 0.15) is 5.82 Å². The maximum atomic E-state index is 13.3. The van der Waals surface area contributed by atoms with E-state index in [-0.39, 0.29) is 17.9 Å². The minimum atomic E-state index is -0.377. The first-order chi connectivity index (χ1) is 12.1. The highest BCUT2D eigenvalue weighted by Crippen LogP contribution is 2.28. The van der Waals surface area contributed by atoms with Crippen LogP contribution in [0.2, 0.25) is 0 Å². The number of pyridine rings is 1. The van der Waals surface area contributed by atoms with Crippen molar-refractivity contribution in [1.29, 1.82) is 0 Å². The van der Waals surface area contributed by atoms with Crippen LogP contribution in [0.5, 0.6) is 0 Å². The first kappa shape index (κ1) is 16.6. The first-order valence-corrected chi connectivity index (χ1v) is 7.89. The molecule has 0 radical (unpaired) electrons. The Morgan fingerprint density at radius 3 is 2.36 bits per heavy atom. The van der Waals surface area contributed by atoms with Crippen molar-refractivity contribution >= 4 is 11.7 Å². The number of carbonyl (C=O) groups is 1. The summed E-state index contributed by atoms with van der Waals surface area (Å²) < 4.78 is 13.3. The standard InChI is InChI=1S/C20H18FN3O/c1-24(20(25)23-18-7-3-2-4-8-18)19(16-6-5-13-22-14-16)15-9-11-17(21)12-10-15/h2-14,19H,1H3,(H,23,25). The lowest BCUT2D eigenvalue weighted by Crippen LogP contribution is -2.35. The number of nitrogens with zero attached hydrogens (tertiary/aromatic N) is 2. The summed E-state index contributed by atoms with van der Waals surface area (Å²) in [5.41, 5.74) is 2.36. The summed E-state index contributed by atoms with van der Waals surface area (Å²) in [4.78, 5) is 18.4. The summed E-state index contributed by atoms with van der Waals surface area (Å²) in [6.07, 6.45) is 3.38. The maximum absolute atomic E-state index is 13.3. The van der Waals surface area contributed by atoms with Gasteiger partial charge in [0.05, 0.1) is 6.04 Å². The fourth-order valence-corrected chi connectivity index (χ4v) is 2.67. The largest absolute Gasteiger partial charge is 0.322 e. The SMILES string of the molecule is CN(C(=O)Nc1ccccc1)C(c1ccc(F)cc1)c1cccnc1. The Morgan fingerprint density at radius 1 is 1.00 bits per heavy atom. The van der Waals surface area contributed by atoms with Gasteiger partial charge >= 0.3 is 6.03 Å². The van der Waals surface area contributed by atoms with E-state index in [1.165, 1.54) is 12.1 Å². The van der Waals surface area contributed by atoms with Crippen LogP contribution in [0.3, 0.4) is 0 Å². The molecule has 2 amide bonds. The van der Waals surface area contributed by atoms with Gasteiger partial charge in [-0.3, -0.25) is 4.98 Å². The van der Waals surface area contributed by atoms with Crippen LogP contribution in [-0.4, -0.2) is 23.0 Å². The molecule has 1 unspecified atom stereocenters. The van der Waals surface area contributed by atoms with Gasteiger partial charge in [-0.15, -0.1) is 0 Å². The molecule has 4 nitrogen and oxygen atoms in total. The molecule has 0 spiro atoms. The number of rotatable bonds is 4. The molecule has 0 fully saturated rings. The molecule has 0 bridgehead atoms. The van der Waals surface area contributed by atoms with Gasteiger partial charge in [0.2, 0.25) is 0 Å². The Morgan fingerprint density at radius 2 is 1.72 bits per heavy atom. The number of benzene rings is 2. The number of carbonyl (C=O) groups excluding carboxylic acids is 1. The zero-order valence-electron chi connectivity index (χ0n) is 13.8. The predicted molar refractivity (Wildman–Crippen MR) is 95.7 cm³/mol. The van der Waals surface area contributed by atoms with Crippen molar-refractivity contribution in [2.45, 2.75) is 6.04 Å². The third-order valence-electron chi connectivity index (χ3n) is 3.92. The van der Waals surface area contributed by atoms with Crippen LogP contribution >= 0.6 is 0 Å². The van der Waals surface area contributed by atoms with Gasteiger partial charge < -0.3 is 10.2 Å². The fraction of sp³-hybridized carbons (Fsp3) is 0.100. The smallest absolute Gasteiger partial charge is 0.316 e. The first-order valence-electron chi connectivity index (χ1n) is 7.89. The van der Waals surface area contributed by atoms with Crippen molar-refractivity contribution in [1.82, 2.24) is 9.88 Å². The van der Waals surface area contributed by atoms with Crippen LogP contribution in [0, 0.1) is 5.82 Å². The number of hydrogen-bond acceptors (Lipinski definition) is 2. The molecule has 0 aliphatic carbocycles. The summed E-state index contributed by atoms with van der Waals surface area (Å²) in [5.74, 6) is -0.315. The number of para-hydroxylation sites is 1. The predicted octanol–water partition coefficient (Wildman–Crippen LogP) is 4.47. The Balaban J connectivity index is 1.90. The lowest BCUT2D eigenvalue weighted by atomic mass is 9.99. The van der Waals surface area contributed by atoms with Gasteiger partial charge in [-0.25, -0.2) is 9.18 Å². The summed E-state index contributed by atoms with van der Waals surface area (Å²) in [6, 6.07) is 18.5. The molecule has 0 aliphatic heterocycles. The lowest BCUT2D eigenvalue weighted by Gasteiger charge is -2.29. The van der Waals surface area contributed by atoms with Gasteiger partial charge in [-0.05, 0) is 41.5 Å². The Labute approximate surface area is 145 Å². The third kappa shape index (κ3) is 4.01. The number of aromatic nitrogens is 1. The normalized spacial score (nSPS) is 11.6. The van der Waals surface area contributed by atoms with E-state index in [4.69, 9.17) is 0 Å². The molecule has 3 rings (SSSR count). The lowest BCUT2D eigenvalue weighted by molar-refractivity contribution is 0.212. The second-order valence-corrected chi connectivity index (χ2v) is 5.65. The summed E-state index contributed by atoms with van der Waals surface area (Å²) in [6.45, 7) is 0. The van der Waals surface area contributed by atoms with Crippen LogP contribution in [-0.2, 0) is 0 Å². The molecule has 5 heteroatoms. The van der Waals surface area contributed by atoms with E-state index in [9.17, 15) is 9.18 Å². The van der Waals surface area contributed by atoms with Crippen LogP contribution in [0.4, 0.5) is 14.9 Å². The Hall–Kier alpha value is -3.21. The molecule has 2 aromatic carbocycles. The van der Waals surface area contributed by atoms with E-state index < -0.39 is 0 Å². The van der Waals surface area contributed by atoms with Gasteiger partial charge in [-0.1, -0.05) is 36.4 Å². The average Bonchev–Trinajstić information content (AvgIpc) is 2.65. The minimum Gasteiger partial charge on any atom is -0.316 e. The number of hydrogen-bond donors (Lipinski definition) is 1. The van der Waals surface area contributed by atoms with Crippen molar-refractivity contribution in [3.63, 3.8) is 0 Å². The van der Waals surface area contributed by atoms with Gasteiger partial charge in [0.15, 0.2) is 0 Å². The number of urea groups is 1. The molecule has 0 saturated carbocycles. The molecule has 25 heavy (non-hydrogen) atoms. The van der Waals surface area contributed by atoms with Gasteiger partial charge in [0.25, 0.3) is 0 Å². The van der Waals surface area contributed by atoms with E-state index in [1.54, 1.807) is 36.5 Å². The number of nitrogens with one attached hydrogen (secondary N) is 1. The van der Waals surface area contributed by atoms with E-state index in [0.717, 1.165) is 11.1 Å². The molecule has 1 aromatic heterocycles. The molecular formula is C20H18FN3O. The van der Waals surface area contributed by atoms with E-state index >= 15 is 0 Å². The topological polar surface area (TPSA) is 45.2 Å². The summed E-state index contributed by atoms with van der Waals surface area (Å²) >= 11 is 0. The van der Waals surface area contributed by atoms with E-state index in [0.29, 0.717) is 5.69 Å². The van der Waals surface area contributed by atoms with Gasteiger partial charge in [-0.2, -0.15) is 0 Å². The highest BCUT2D eigenvalue weighted by molar-refractivity contribution is 5.89. The second-order valence-electron chi connectivity index (χ2n) is 5.65. The van der Waals surface area contributed by atoms with E-state index in [2.05, 4.69) is 10.3 Å². The van der Waals surface area contributed by atoms with Gasteiger partial charge in [0, 0.05) is 25.1 Å². The molecular weight excluding hydrogens is 317 g/mol. The van der Waals surface area contributed by atoms with E-state index in [1.807, 2.05) is 42.5 Å². The minimum absolute atomic E-state index is 0.260. The van der Waals surface area contributed by atoms with Crippen molar-refractivity contribution in [2.75, 3.05) is 12.4 Å². The second kappa shape index (κ2) is 7.57. The number of halogens is 1. The van der Waals surface area contributed by atoms with Crippen molar-refractivity contribution in [2.24, 2.45) is 0 Å². The molecule has 1 N–H and O–H groups in total. The average molecular weight is 335 g/mol. The van der Waals surface area contributed by atoms with Crippen molar-refractivity contribution < 1.29 is 9.18 Å². The zero-order valence-corrected chi connectivity index (χ0v) is 13.8.